The van der Waals surface area contributed by atoms with Crippen LogP contribution in [0.4, 0.5) is 0 Å². The number of aryl methyl sites for hydroxylation is 1. The summed E-state index contributed by atoms with van der Waals surface area (Å²) >= 11 is 6.44. The van der Waals surface area contributed by atoms with E-state index in [2.05, 4.69) is 40.4 Å². The number of β-amino-alcohol motifs (C(OH)–C–C–N with tert-alkyl or cyclic N) is 1. The molecule has 0 aromatic carbocycles. The number of pyridine rings is 1. The molecule has 33 heavy (non-hydrogen) atoms. The summed E-state index contributed by atoms with van der Waals surface area (Å²) in [6.07, 6.45) is 2.42. The fourth-order valence-electron chi connectivity index (χ4n) is 4.04. The largest absolute Gasteiger partial charge is 0.390 e. The number of rotatable bonds is 7. The van der Waals surface area contributed by atoms with Crippen molar-refractivity contribution in [2.45, 2.75) is 52.3 Å². The van der Waals surface area contributed by atoms with Crippen LogP contribution in [0.5, 0.6) is 0 Å². The highest BCUT2D eigenvalue weighted by atomic mass is 35.5. The van der Waals surface area contributed by atoms with E-state index in [4.69, 9.17) is 16.6 Å². The Hall–Kier alpha value is -2.27. The highest BCUT2D eigenvalue weighted by Crippen LogP contribution is 2.27. The number of hydrogen-bond donors (Lipinski definition) is 2. The van der Waals surface area contributed by atoms with E-state index in [-0.39, 0.29) is 18.6 Å². The standard InChI is InChI=1S/C22H31ClN6O3S/c1-13(2)29-15(4)25-19-8-7-17(27-22(19)29)16(14(3)23)11-21(24-5)26-18-9-10-28(12-20(18)30)33(6,31)32/h7-8,11,13,18,20,26,30H,5,9-10,12H2,1-4,6H3/b16-14-,21-11+/t18-,20-/m1/s1. The van der Waals surface area contributed by atoms with Crippen LogP contribution in [0.25, 0.3) is 16.7 Å². The van der Waals surface area contributed by atoms with Gasteiger partial charge in [0.15, 0.2) is 5.65 Å². The number of piperidine rings is 1. The Morgan fingerprint density at radius 3 is 2.64 bits per heavy atom. The minimum atomic E-state index is -3.35. The van der Waals surface area contributed by atoms with Crippen molar-refractivity contribution in [3.8, 4) is 0 Å². The summed E-state index contributed by atoms with van der Waals surface area (Å²) < 4.78 is 26.9. The Kier molecular flexibility index (Phi) is 7.62. The maximum atomic E-state index is 11.8. The van der Waals surface area contributed by atoms with Crippen molar-refractivity contribution >= 4 is 45.1 Å². The van der Waals surface area contributed by atoms with E-state index in [9.17, 15) is 13.5 Å². The van der Waals surface area contributed by atoms with Crippen LogP contribution in [0.15, 0.2) is 34.1 Å². The number of nitrogens with zero attached hydrogens (tertiary/aromatic N) is 5. The van der Waals surface area contributed by atoms with Crippen LogP contribution in [-0.2, 0) is 10.0 Å². The van der Waals surface area contributed by atoms with E-state index in [1.54, 1.807) is 13.0 Å². The van der Waals surface area contributed by atoms with Crippen molar-refractivity contribution < 1.29 is 13.5 Å². The van der Waals surface area contributed by atoms with Gasteiger partial charge in [0.25, 0.3) is 0 Å². The molecule has 2 aromatic rings. The molecule has 3 rings (SSSR count). The summed E-state index contributed by atoms with van der Waals surface area (Å²) in [6.45, 7) is 11.8. The quantitative estimate of drug-likeness (QED) is 0.452. The number of halogens is 1. The molecular weight excluding hydrogens is 464 g/mol. The number of sulfonamides is 1. The zero-order chi connectivity index (χ0) is 24.5. The second-order valence-electron chi connectivity index (χ2n) is 8.52. The number of aliphatic hydroxyl groups excluding tert-OH is 1. The first kappa shape index (κ1) is 25.4. The Labute approximate surface area is 199 Å². The molecule has 0 amide bonds. The number of allylic oxidation sites excluding steroid dienone is 3. The molecule has 2 N–H and O–H groups in total. The fourth-order valence-corrected chi connectivity index (χ4v) is 5.05. The third-order valence-electron chi connectivity index (χ3n) is 5.68. The minimum absolute atomic E-state index is 0.0227. The SMILES string of the molecule is C=N/C(=C\C(=C(/C)Cl)c1ccc2nc(C)n(C(C)C)c2n1)N[C@@H]1CCN(S(C)(=O)=O)C[C@H]1O. The average molecular weight is 495 g/mol. The highest BCUT2D eigenvalue weighted by Gasteiger charge is 2.32. The second-order valence-corrected chi connectivity index (χ2v) is 11.1. The molecule has 9 nitrogen and oxygen atoms in total. The Morgan fingerprint density at radius 2 is 2.09 bits per heavy atom. The molecule has 0 spiro atoms. The molecule has 3 heterocycles. The zero-order valence-corrected chi connectivity index (χ0v) is 21.2. The third-order valence-corrected chi connectivity index (χ3v) is 7.15. The molecule has 11 heteroatoms. The van der Waals surface area contributed by atoms with Gasteiger partial charge >= 0.3 is 0 Å². The minimum Gasteiger partial charge on any atom is -0.390 e. The maximum absolute atomic E-state index is 11.8. The topological polar surface area (TPSA) is 113 Å². The van der Waals surface area contributed by atoms with Gasteiger partial charge < -0.3 is 15.0 Å². The van der Waals surface area contributed by atoms with Gasteiger partial charge in [0.1, 0.15) is 17.2 Å². The lowest BCUT2D eigenvalue weighted by atomic mass is 10.0. The lowest BCUT2D eigenvalue weighted by Crippen LogP contribution is -2.53. The van der Waals surface area contributed by atoms with Gasteiger partial charge in [0, 0.05) is 29.7 Å². The van der Waals surface area contributed by atoms with Crippen molar-refractivity contribution in [1.29, 1.82) is 0 Å². The van der Waals surface area contributed by atoms with Crippen LogP contribution in [0.1, 0.15) is 44.8 Å². The van der Waals surface area contributed by atoms with Crippen LogP contribution >= 0.6 is 11.6 Å². The summed E-state index contributed by atoms with van der Waals surface area (Å²) in [5.74, 6) is 1.30. The monoisotopic (exact) mass is 494 g/mol. The van der Waals surface area contributed by atoms with E-state index >= 15 is 0 Å². The van der Waals surface area contributed by atoms with Crippen molar-refractivity contribution in [1.82, 2.24) is 24.2 Å². The van der Waals surface area contributed by atoms with Crippen molar-refractivity contribution in [3.63, 3.8) is 0 Å². The molecule has 180 valence electrons. The number of aliphatic hydroxyl groups is 1. The first-order valence-electron chi connectivity index (χ1n) is 10.7. The van der Waals surface area contributed by atoms with Gasteiger partial charge in [-0.15, -0.1) is 0 Å². The number of fused-ring (bicyclic) bond motifs is 1. The molecule has 1 aliphatic heterocycles. The lowest BCUT2D eigenvalue weighted by Gasteiger charge is -2.35. The number of aliphatic imine (C=N–C) groups is 1. The first-order valence-corrected chi connectivity index (χ1v) is 13.0. The molecule has 2 aromatic heterocycles. The molecule has 1 saturated heterocycles. The van der Waals surface area contributed by atoms with E-state index in [1.807, 2.05) is 19.1 Å². The normalized spacial score (nSPS) is 21.4. The summed E-state index contributed by atoms with van der Waals surface area (Å²) in [7, 11) is -3.35. The molecule has 0 aliphatic carbocycles. The van der Waals surface area contributed by atoms with Gasteiger partial charge in [0.05, 0.1) is 24.1 Å². The van der Waals surface area contributed by atoms with Gasteiger partial charge in [-0.2, -0.15) is 4.31 Å². The van der Waals surface area contributed by atoms with Crippen LogP contribution in [0, 0.1) is 6.92 Å². The van der Waals surface area contributed by atoms with E-state index in [1.165, 1.54) is 4.31 Å². The number of nitrogens with one attached hydrogen (secondary N) is 1. The molecule has 2 atom stereocenters. The van der Waals surface area contributed by atoms with Gasteiger partial charge in [-0.05, 0) is 59.0 Å². The molecule has 0 saturated carbocycles. The maximum Gasteiger partial charge on any atom is 0.211 e. The van der Waals surface area contributed by atoms with Crippen molar-refractivity contribution in [3.05, 3.63) is 40.6 Å². The fraction of sp³-hybridized carbons (Fsp3) is 0.500. The van der Waals surface area contributed by atoms with Gasteiger partial charge in [-0.3, -0.25) is 0 Å². The Morgan fingerprint density at radius 1 is 1.39 bits per heavy atom. The molecule has 1 aliphatic rings. The number of imidazole rings is 1. The van der Waals surface area contributed by atoms with E-state index in [0.29, 0.717) is 35.1 Å². The van der Waals surface area contributed by atoms with Crippen LogP contribution < -0.4 is 5.32 Å². The number of hydrogen-bond acceptors (Lipinski definition) is 7. The highest BCUT2D eigenvalue weighted by molar-refractivity contribution is 7.88. The molecular formula is C22H31ClN6O3S. The predicted molar refractivity (Wildman–Crippen MR) is 133 cm³/mol. The van der Waals surface area contributed by atoms with Crippen LogP contribution in [0.3, 0.4) is 0 Å². The van der Waals surface area contributed by atoms with Crippen molar-refractivity contribution in [2.24, 2.45) is 4.99 Å². The van der Waals surface area contributed by atoms with Gasteiger partial charge in [-0.1, -0.05) is 11.6 Å². The summed E-state index contributed by atoms with van der Waals surface area (Å²) in [4.78, 5) is 13.5. The van der Waals surface area contributed by atoms with Crippen molar-refractivity contribution in [2.75, 3.05) is 19.3 Å². The van der Waals surface area contributed by atoms with E-state index < -0.39 is 16.1 Å². The summed E-state index contributed by atoms with van der Waals surface area (Å²) in [6, 6.07) is 3.59. The van der Waals surface area contributed by atoms with Gasteiger partial charge in [0.2, 0.25) is 10.0 Å². The summed E-state index contributed by atoms with van der Waals surface area (Å²) in [5, 5.41) is 14.2. The molecule has 0 unspecified atom stereocenters. The number of aromatic nitrogens is 3. The van der Waals surface area contributed by atoms with Gasteiger partial charge in [-0.25, -0.2) is 23.4 Å². The smallest absolute Gasteiger partial charge is 0.211 e. The molecule has 1 fully saturated rings. The molecule has 0 radical (unpaired) electrons. The molecule has 0 bridgehead atoms. The van der Waals surface area contributed by atoms with Crippen LogP contribution in [0.2, 0.25) is 0 Å². The lowest BCUT2D eigenvalue weighted by molar-refractivity contribution is 0.0764. The zero-order valence-electron chi connectivity index (χ0n) is 19.6. The van der Waals surface area contributed by atoms with E-state index in [0.717, 1.165) is 23.2 Å². The summed E-state index contributed by atoms with van der Waals surface area (Å²) in [5.41, 5.74) is 2.90. The average Bonchev–Trinajstić information content (AvgIpc) is 3.06. The Bertz CT molecular complexity index is 1210. The predicted octanol–water partition coefficient (Wildman–Crippen LogP) is 2.82. The first-order chi connectivity index (χ1) is 15.4. The third kappa shape index (κ3) is 5.63. The second kappa shape index (κ2) is 9.92. The Balaban J connectivity index is 1.91. The van der Waals surface area contributed by atoms with Crippen LogP contribution in [-0.4, -0.2) is 70.6 Å².